The summed E-state index contributed by atoms with van der Waals surface area (Å²) in [7, 11) is 0. The largest absolute Gasteiger partial charge is 0.354 e. The van der Waals surface area contributed by atoms with Crippen LogP contribution in [0.2, 0.25) is 0 Å². The van der Waals surface area contributed by atoms with Gasteiger partial charge >= 0.3 is 0 Å². The number of fused-ring (bicyclic) bond motifs is 3. The number of H-pyrrole nitrogens is 1. The Morgan fingerprint density at radius 2 is 2.00 bits per heavy atom. The highest BCUT2D eigenvalue weighted by molar-refractivity contribution is 7.22. The summed E-state index contributed by atoms with van der Waals surface area (Å²) >= 11 is 1.89. The van der Waals surface area contributed by atoms with Crippen molar-refractivity contribution >= 4 is 27.2 Å². The Balaban J connectivity index is 1.49. The third-order valence-corrected chi connectivity index (χ3v) is 7.53. The van der Waals surface area contributed by atoms with E-state index >= 15 is 0 Å². The van der Waals surface area contributed by atoms with E-state index < -0.39 is 0 Å². The zero-order valence-corrected chi connectivity index (χ0v) is 18.8. The van der Waals surface area contributed by atoms with Gasteiger partial charge in [-0.05, 0) is 71.8 Å². The molecule has 0 saturated carbocycles. The number of nitrogens with zero attached hydrogens (tertiary/aromatic N) is 3. The van der Waals surface area contributed by atoms with E-state index in [4.69, 9.17) is 0 Å². The Bertz CT molecular complexity index is 1440. The summed E-state index contributed by atoms with van der Waals surface area (Å²) < 4.78 is 3.23. The molecule has 31 heavy (non-hydrogen) atoms. The van der Waals surface area contributed by atoms with Crippen molar-refractivity contribution in [2.75, 3.05) is 6.54 Å². The Labute approximate surface area is 185 Å². The standard InChI is InChI=1S/C25H25N5S/c1-14(2)22-23(19-8-15(3)25-27-13-28-30(25)12-19)29-20-10-21(31-24(20)22)17-5-4-16-6-7-26-11-18(16)9-17/h4-5,8-10,12-14,26,29H,6-7,11H2,1-3H3. The first-order valence-corrected chi connectivity index (χ1v) is 11.7. The molecule has 0 fully saturated rings. The van der Waals surface area contributed by atoms with Crippen LogP contribution in [-0.4, -0.2) is 26.1 Å². The van der Waals surface area contributed by atoms with Crippen LogP contribution in [-0.2, 0) is 13.0 Å². The Kier molecular flexibility index (Phi) is 4.26. The second kappa shape index (κ2) is 7.04. The van der Waals surface area contributed by atoms with Crippen molar-refractivity contribution in [3.05, 3.63) is 65.1 Å². The number of nitrogens with one attached hydrogen (secondary N) is 2. The quantitative estimate of drug-likeness (QED) is 0.389. The van der Waals surface area contributed by atoms with Crippen molar-refractivity contribution in [3.63, 3.8) is 0 Å². The van der Waals surface area contributed by atoms with E-state index in [2.05, 4.69) is 77.7 Å². The molecule has 5 nitrogen and oxygen atoms in total. The molecule has 0 aliphatic carbocycles. The zero-order valence-electron chi connectivity index (χ0n) is 18.0. The lowest BCUT2D eigenvalue weighted by Gasteiger charge is -2.17. The van der Waals surface area contributed by atoms with E-state index in [1.54, 1.807) is 6.33 Å². The number of pyridine rings is 1. The fraction of sp³-hybridized carbons (Fsp3) is 0.280. The molecular formula is C25H25N5S. The summed E-state index contributed by atoms with van der Waals surface area (Å²) in [6.45, 7) is 8.69. The molecule has 2 N–H and O–H groups in total. The van der Waals surface area contributed by atoms with Gasteiger partial charge in [0.25, 0.3) is 0 Å². The van der Waals surface area contributed by atoms with Gasteiger partial charge in [-0.3, -0.25) is 0 Å². The molecular weight excluding hydrogens is 402 g/mol. The fourth-order valence-electron chi connectivity index (χ4n) is 4.78. The minimum atomic E-state index is 0.412. The average molecular weight is 428 g/mol. The number of benzene rings is 1. The Morgan fingerprint density at radius 3 is 2.87 bits per heavy atom. The van der Waals surface area contributed by atoms with E-state index in [9.17, 15) is 0 Å². The van der Waals surface area contributed by atoms with Gasteiger partial charge in [0.05, 0.1) is 15.9 Å². The number of rotatable bonds is 3. The van der Waals surface area contributed by atoms with Crippen molar-refractivity contribution in [1.82, 2.24) is 24.9 Å². The normalized spacial score (nSPS) is 14.1. The highest BCUT2D eigenvalue weighted by atomic mass is 32.1. The maximum absolute atomic E-state index is 4.36. The molecule has 0 spiro atoms. The van der Waals surface area contributed by atoms with Crippen molar-refractivity contribution in [3.8, 4) is 21.7 Å². The van der Waals surface area contributed by atoms with Crippen LogP contribution in [0, 0.1) is 6.92 Å². The first-order valence-electron chi connectivity index (χ1n) is 10.9. The average Bonchev–Trinajstić information content (AvgIpc) is 3.47. The topological polar surface area (TPSA) is 58.0 Å². The SMILES string of the molecule is Cc1cc(-c2[nH]c3cc(-c4ccc5c(c4)CNCC5)sc3c2C(C)C)cn2ncnc12. The number of thiophene rings is 1. The lowest BCUT2D eigenvalue weighted by atomic mass is 9.98. The third kappa shape index (κ3) is 3.01. The first kappa shape index (κ1) is 18.8. The molecule has 0 amide bonds. The van der Waals surface area contributed by atoms with Gasteiger partial charge in [0, 0.05) is 23.2 Å². The Hall–Kier alpha value is -2.96. The molecule has 0 saturated heterocycles. The minimum absolute atomic E-state index is 0.412. The molecule has 0 unspecified atom stereocenters. The van der Waals surface area contributed by atoms with Crippen LogP contribution in [0.25, 0.3) is 37.6 Å². The van der Waals surface area contributed by atoms with Crippen molar-refractivity contribution in [2.45, 2.75) is 39.7 Å². The van der Waals surface area contributed by atoms with Crippen LogP contribution in [0.5, 0.6) is 0 Å². The lowest BCUT2D eigenvalue weighted by molar-refractivity contribution is 0.644. The summed E-state index contributed by atoms with van der Waals surface area (Å²) in [5, 5.41) is 7.85. The van der Waals surface area contributed by atoms with Gasteiger partial charge in [-0.15, -0.1) is 11.3 Å². The molecule has 1 aliphatic heterocycles. The number of aryl methyl sites for hydroxylation is 1. The van der Waals surface area contributed by atoms with E-state index in [0.29, 0.717) is 5.92 Å². The van der Waals surface area contributed by atoms with Crippen LogP contribution in [0.4, 0.5) is 0 Å². The van der Waals surface area contributed by atoms with E-state index in [-0.39, 0.29) is 0 Å². The molecule has 0 bridgehead atoms. The van der Waals surface area contributed by atoms with Crippen molar-refractivity contribution < 1.29 is 0 Å². The highest BCUT2D eigenvalue weighted by Gasteiger charge is 2.20. The van der Waals surface area contributed by atoms with Gasteiger partial charge < -0.3 is 10.3 Å². The van der Waals surface area contributed by atoms with Crippen LogP contribution < -0.4 is 5.32 Å². The molecule has 4 aromatic heterocycles. The van der Waals surface area contributed by atoms with Gasteiger partial charge in [0.1, 0.15) is 6.33 Å². The molecule has 5 aromatic rings. The van der Waals surface area contributed by atoms with Gasteiger partial charge in [0.15, 0.2) is 5.65 Å². The van der Waals surface area contributed by atoms with Crippen molar-refractivity contribution in [1.29, 1.82) is 0 Å². The van der Waals surface area contributed by atoms with Gasteiger partial charge in [0.2, 0.25) is 0 Å². The minimum Gasteiger partial charge on any atom is -0.354 e. The summed E-state index contributed by atoms with van der Waals surface area (Å²) in [4.78, 5) is 9.42. The molecule has 156 valence electrons. The van der Waals surface area contributed by atoms with Crippen molar-refractivity contribution in [2.24, 2.45) is 0 Å². The number of hydrogen-bond donors (Lipinski definition) is 2. The number of hydrogen-bond acceptors (Lipinski definition) is 4. The second-order valence-corrected chi connectivity index (χ2v) is 9.82. The van der Waals surface area contributed by atoms with Gasteiger partial charge in [-0.2, -0.15) is 5.10 Å². The van der Waals surface area contributed by atoms with Crippen LogP contribution in [0.3, 0.4) is 0 Å². The van der Waals surface area contributed by atoms with E-state index in [1.807, 2.05) is 15.9 Å². The fourth-order valence-corrected chi connectivity index (χ4v) is 6.09. The summed E-state index contributed by atoms with van der Waals surface area (Å²) in [6, 6.07) is 11.5. The van der Waals surface area contributed by atoms with Gasteiger partial charge in [-0.25, -0.2) is 9.50 Å². The number of aromatic nitrogens is 4. The van der Waals surface area contributed by atoms with E-state index in [0.717, 1.165) is 36.3 Å². The Morgan fingerprint density at radius 1 is 1.10 bits per heavy atom. The monoisotopic (exact) mass is 427 g/mol. The maximum atomic E-state index is 4.36. The molecule has 0 radical (unpaired) electrons. The van der Waals surface area contributed by atoms with Crippen LogP contribution in [0.1, 0.15) is 42.0 Å². The highest BCUT2D eigenvalue weighted by Crippen LogP contribution is 2.43. The van der Waals surface area contributed by atoms with Gasteiger partial charge in [-0.1, -0.05) is 26.0 Å². The van der Waals surface area contributed by atoms with Crippen LogP contribution >= 0.6 is 11.3 Å². The van der Waals surface area contributed by atoms with Crippen LogP contribution in [0.15, 0.2) is 42.9 Å². The molecule has 6 rings (SSSR count). The predicted octanol–water partition coefficient (Wildman–Crippen LogP) is 5.68. The molecule has 5 heterocycles. The second-order valence-electron chi connectivity index (χ2n) is 8.77. The van der Waals surface area contributed by atoms with E-state index in [1.165, 1.54) is 43.0 Å². The lowest BCUT2D eigenvalue weighted by Crippen LogP contribution is -2.23. The smallest absolute Gasteiger partial charge is 0.158 e. The third-order valence-electron chi connectivity index (χ3n) is 6.31. The molecule has 0 atom stereocenters. The molecule has 6 heteroatoms. The summed E-state index contributed by atoms with van der Waals surface area (Å²) in [5.74, 6) is 0.412. The molecule has 1 aromatic carbocycles. The number of aromatic amines is 1. The summed E-state index contributed by atoms with van der Waals surface area (Å²) in [6.07, 6.45) is 4.81. The molecule has 1 aliphatic rings. The predicted molar refractivity (Wildman–Crippen MR) is 128 cm³/mol. The first-order chi connectivity index (χ1) is 15.1. The summed E-state index contributed by atoms with van der Waals surface area (Å²) in [5.41, 5.74) is 11.2. The maximum Gasteiger partial charge on any atom is 0.158 e. The zero-order chi connectivity index (χ0) is 21.1.